The number of hydrogen-bond donors (Lipinski definition) is 2. The van der Waals surface area contributed by atoms with Gasteiger partial charge in [0.2, 0.25) is 5.91 Å². The fraction of sp³-hybridized carbons (Fsp3) is 0.917. The van der Waals surface area contributed by atoms with Crippen molar-refractivity contribution in [3.8, 4) is 0 Å². The monoisotopic (exact) mass is 246 g/mol. The topological polar surface area (TPSA) is 41.1 Å². The summed E-state index contributed by atoms with van der Waals surface area (Å²) in [6.07, 6.45) is 6.34. The molecular formula is C12H23ClN2O. The smallest absolute Gasteiger partial charge is 0.237 e. The van der Waals surface area contributed by atoms with Crippen LogP contribution in [-0.2, 0) is 4.79 Å². The summed E-state index contributed by atoms with van der Waals surface area (Å²) in [6.45, 7) is 4.20. The number of halogens is 1. The molecule has 0 bridgehead atoms. The summed E-state index contributed by atoms with van der Waals surface area (Å²) in [5.74, 6) is 1.70. The molecule has 3 atom stereocenters. The molecule has 0 aromatic rings. The Hall–Kier alpha value is -0.280. The van der Waals surface area contributed by atoms with Gasteiger partial charge in [-0.15, -0.1) is 12.4 Å². The molecule has 2 fully saturated rings. The van der Waals surface area contributed by atoms with Crippen molar-refractivity contribution in [1.82, 2.24) is 10.6 Å². The first-order valence-corrected chi connectivity index (χ1v) is 6.28. The van der Waals surface area contributed by atoms with E-state index in [-0.39, 0.29) is 24.4 Å². The van der Waals surface area contributed by atoms with Crippen molar-refractivity contribution >= 4 is 18.3 Å². The van der Waals surface area contributed by atoms with E-state index in [9.17, 15) is 4.79 Å². The molecule has 1 amide bonds. The van der Waals surface area contributed by atoms with Crippen LogP contribution in [0.4, 0.5) is 0 Å². The van der Waals surface area contributed by atoms with Crippen LogP contribution in [0.5, 0.6) is 0 Å². The Morgan fingerprint density at radius 2 is 2.00 bits per heavy atom. The van der Waals surface area contributed by atoms with Crippen LogP contribution in [0.1, 0.15) is 39.0 Å². The second kappa shape index (κ2) is 6.45. The zero-order valence-electron chi connectivity index (χ0n) is 10.00. The van der Waals surface area contributed by atoms with Crippen molar-refractivity contribution < 1.29 is 4.79 Å². The SMILES string of the molecule is CC1CCCCC1CNC(=O)[C@H]1CCN1.Cl. The highest BCUT2D eigenvalue weighted by atomic mass is 35.5. The maximum atomic E-state index is 11.6. The summed E-state index contributed by atoms with van der Waals surface area (Å²) >= 11 is 0. The first-order valence-electron chi connectivity index (χ1n) is 6.28. The van der Waals surface area contributed by atoms with Gasteiger partial charge in [-0.2, -0.15) is 0 Å². The highest BCUT2D eigenvalue weighted by Crippen LogP contribution is 2.28. The second-order valence-electron chi connectivity index (χ2n) is 5.06. The van der Waals surface area contributed by atoms with Crippen LogP contribution < -0.4 is 10.6 Å². The molecule has 94 valence electrons. The van der Waals surface area contributed by atoms with Crippen molar-refractivity contribution in [2.45, 2.75) is 45.1 Å². The molecule has 4 heteroatoms. The summed E-state index contributed by atoms with van der Waals surface area (Å²) in [7, 11) is 0. The quantitative estimate of drug-likeness (QED) is 0.796. The average Bonchev–Trinajstić information content (AvgIpc) is 2.14. The normalized spacial score (nSPS) is 33.4. The lowest BCUT2D eigenvalue weighted by Crippen LogP contribution is -2.54. The summed E-state index contributed by atoms with van der Waals surface area (Å²) < 4.78 is 0. The van der Waals surface area contributed by atoms with E-state index in [0.717, 1.165) is 25.4 Å². The Labute approximate surface area is 104 Å². The minimum absolute atomic E-state index is 0. The average molecular weight is 247 g/mol. The minimum Gasteiger partial charge on any atom is -0.354 e. The Kier molecular flexibility index (Phi) is 5.56. The number of nitrogens with one attached hydrogen (secondary N) is 2. The minimum atomic E-state index is 0. The van der Waals surface area contributed by atoms with Gasteiger partial charge in [-0.1, -0.05) is 26.2 Å². The van der Waals surface area contributed by atoms with E-state index >= 15 is 0 Å². The molecule has 1 saturated heterocycles. The van der Waals surface area contributed by atoms with Gasteiger partial charge in [-0.3, -0.25) is 4.79 Å². The summed E-state index contributed by atoms with van der Waals surface area (Å²) in [4.78, 5) is 11.6. The van der Waals surface area contributed by atoms with Crippen molar-refractivity contribution in [2.24, 2.45) is 11.8 Å². The summed E-state index contributed by atoms with van der Waals surface area (Å²) in [5.41, 5.74) is 0. The summed E-state index contributed by atoms with van der Waals surface area (Å²) in [5, 5.41) is 6.22. The highest BCUT2D eigenvalue weighted by Gasteiger charge is 2.26. The molecule has 1 aliphatic heterocycles. The van der Waals surface area contributed by atoms with Gasteiger partial charge < -0.3 is 10.6 Å². The Bertz CT molecular complexity index is 231. The number of rotatable bonds is 3. The van der Waals surface area contributed by atoms with Gasteiger partial charge >= 0.3 is 0 Å². The van der Waals surface area contributed by atoms with Gasteiger partial charge in [0.1, 0.15) is 0 Å². The van der Waals surface area contributed by atoms with Crippen molar-refractivity contribution in [3.63, 3.8) is 0 Å². The molecular weight excluding hydrogens is 224 g/mol. The zero-order valence-corrected chi connectivity index (χ0v) is 10.8. The van der Waals surface area contributed by atoms with Crippen molar-refractivity contribution in [2.75, 3.05) is 13.1 Å². The van der Waals surface area contributed by atoms with E-state index in [4.69, 9.17) is 0 Å². The standard InChI is InChI=1S/C12H22N2O.ClH/c1-9-4-2-3-5-10(9)8-14-12(15)11-6-7-13-11;/h9-11,13H,2-8H2,1H3,(H,14,15);1H/t9?,10?,11-;/m1./s1. The van der Waals surface area contributed by atoms with Gasteiger partial charge in [0, 0.05) is 6.54 Å². The maximum Gasteiger partial charge on any atom is 0.237 e. The fourth-order valence-corrected chi connectivity index (χ4v) is 2.56. The summed E-state index contributed by atoms with van der Waals surface area (Å²) in [6, 6.07) is 0.101. The number of carbonyl (C=O) groups is 1. The molecule has 3 nitrogen and oxygen atoms in total. The third kappa shape index (κ3) is 3.36. The van der Waals surface area contributed by atoms with Crippen LogP contribution in [0, 0.1) is 11.8 Å². The lowest BCUT2D eigenvalue weighted by atomic mass is 9.80. The van der Waals surface area contributed by atoms with Gasteiger partial charge in [0.15, 0.2) is 0 Å². The number of hydrogen-bond acceptors (Lipinski definition) is 2. The van der Waals surface area contributed by atoms with Gasteiger partial charge in [-0.25, -0.2) is 0 Å². The molecule has 1 aliphatic carbocycles. The third-order valence-corrected chi connectivity index (χ3v) is 3.97. The maximum absolute atomic E-state index is 11.6. The van der Waals surface area contributed by atoms with Gasteiger partial charge in [0.05, 0.1) is 6.04 Å². The fourth-order valence-electron chi connectivity index (χ4n) is 2.56. The van der Waals surface area contributed by atoms with E-state index in [1.165, 1.54) is 25.7 Å². The molecule has 0 spiro atoms. The number of amides is 1. The molecule has 0 aromatic heterocycles. The largest absolute Gasteiger partial charge is 0.354 e. The van der Waals surface area contributed by atoms with Crippen LogP contribution >= 0.6 is 12.4 Å². The molecule has 2 unspecified atom stereocenters. The van der Waals surface area contributed by atoms with Gasteiger partial charge in [0.25, 0.3) is 0 Å². The number of carbonyl (C=O) groups excluding carboxylic acids is 1. The molecule has 2 N–H and O–H groups in total. The third-order valence-electron chi connectivity index (χ3n) is 3.97. The first kappa shape index (κ1) is 13.8. The Morgan fingerprint density at radius 3 is 2.56 bits per heavy atom. The van der Waals surface area contributed by atoms with E-state index < -0.39 is 0 Å². The van der Waals surface area contributed by atoms with E-state index in [1.807, 2.05) is 0 Å². The predicted molar refractivity (Wildman–Crippen MR) is 67.8 cm³/mol. The van der Waals surface area contributed by atoms with E-state index in [0.29, 0.717) is 5.92 Å². The highest BCUT2D eigenvalue weighted by molar-refractivity contribution is 5.85. The first-order chi connectivity index (χ1) is 7.27. The van der Waals surface area contributed by atoms with Gasteiger partial charge in [-0.05, 0) is 31.2 Å². The lowest BCUT2D eigenvalue weighted by molar-refractivity contribution is -0.125. The van der Waals surface area contributed by atoms with Crippen molar-refractivity contribution in [3.05, 3.63) is 0 Å². The lowest BCUT2D eigenvalue weighted by Gasteiger charge is -2.31. The molecule has 2 rings (SSSR count). The second-order valence-corrected chi connectivity index (χ2v) is 5.06. The molecule has 0 radical (unpaired) electrons. The molecule has 2 aliphatic rings. The molecule has 0 aromatic carbocycles. The van der Waals surface area contributed by atoms with E-state index in [1.54, 1.807) is 0 Å². The molecule has 1 saturated carbocycles. The van der Waals surface area contributed by atoms with Crippen LogP contribution in [0.3, 0.4) is 0 Å². The van der Waals surface area contributed by atoms with Crippen LogP contribution in [0.25, 0.3) is 0 Å². The molecule has 1 heterocycles. The van der Waals surface area contributed by atoms with Crippen LogP contribution in [0.2, 0.25) is 0 Å². The molecule has 16 heavy (non-hydrogen) atoms. The zero-order chi connectivity index (χ0) is 10.7. The predicted octanol–water partition coefficient (Wildman–Crippen LogP) is 1.71. The van der Waals surface area contributed by atoms with Crippen LogP contribution in [-0.4, -0.2) is 25.0 Å². The Balaban J connectivity index is 0.00000128. The van der Waals surface area contributed by atoms with Crippen LogP contribution in [0.15, 0.2) is 0 Å². The van der Waals surface area contributed by atoms with Crippen molar-refractivity contribution in [1.29, 1.82) is 0 Å². The Morgan fingerprint density at radius 1 is 1.31 bits per heavy atom. The van der Waals surface area contributed by atoms with E-state index in [2.05, 4.69) is 17.6 Å².